The summed E-state index contributed by atoms with van der Waals surface area (Å²) in [5, 5.41) is 6.27. The van der Waals surface area contributed by atoms with Crippen molar-refractivity contribution in [1.82, 2.24) is 24.3 Å². The van der Waals surface area contributed by atoms with Crippen LogP contribution in [0.1, 0.15) is 43.1 Å². The van der Waals surface area contributed by atoms with Gasteiger partial charge in [-0.05, 0) is 55.5 Å². The Kier molecular flexibility index (Phi) is 6.67. The number of thioether (sulfide) groups is 1. The molecule has 0 saturated heterocycles. The third-order valence-electron chi connectivity index (χ3n) is 7.06. The van der Waals surface area contributed by atoms with Crippen LogP contribution in [0.4, 0.5) is 0 Å². The molecule has 3 aliphatic rings. The first-order valence-corrected chi connectivity index (χ1v) is 14.3. The van der Waals surface area contributed by atoms with Gasteiger partial charge in [0.1, 0.15) is 23.8 Å². The lowest BCUT2D eigenvalue weighted by atomic mass is 10.1. The van der Waals surface area contributed by atoms with Crippen molar-refractivity contribution in [1.29, 1.82) is 0 Å². The first-order chi connectivity index (χ1) is 18.3. The van der Waals surface area contributed by atoms with E-state index in [9.17, 15) is 4.79 Å². The molecule has 4 heterocycles. The van der Waals surface area contributed by atoms with Crippen LogP contribution >= 0.6 is 23.7 Å². The molecule has 1 amide bonds. The average Bonchev–Trinajstić information content (AvgIpc) is 3.28. The molecule has 1 aliphatic carbocycles. The van der Waals surface area contributed by atoms with Crippen LogP contribution in [0.15, 0.2) is 74.4 Å². The molecule has 3 aromatic rings. The second-order valence-corrected chi connectivity index (χ2v) is 12.4. The summed E-state index contributed by atoms with van der Waals surface area (Å²) < 4.78 is 17.6. The number of allylic oxidation sites excluding steroid dienone is 1. The summed E-state index contributed by atoms with van der Waals surface area (Å²) in [4.78, 5) is 17.7. The predicted octanol–water partition coefficient (Wildman–Crippen LogP) is 5.61. The highest BCUT2D eigenvalue weighted by molar-refractivity contribution is 8.23. The molecule has 8 nitrogen and oxygen atoms in total. The van der Waals surface area contributed by atoms with Crippen LogP contribution in [-0.2, 0) is 36.3 Å². The Morgan fingerprint density at radius 1 is 1.24 bits per heavy atom. The molecular formula is C28H31N5O3S2. The summed E-state index contributed by atoms with van der Waals surface area (Å²) in [6.07, 6.45) is 8.88. The molecular weight excluding hydrogens is 518 g/mol. The number of benzene rings is 1. The summed E-state index contributed by atoms with van der Waals surface area (Å²) in [7, 11) is 3.54. The van der Waals surface area contributed by atoms with Gasteiger partial charge in [-0.1, -0.05) is 30.5 Å². The first kappa shape index (κ1) is 25.4. The van der Waals surface area contributed by atoms with Crippen LogP contribution in [-0.4, -0.2) is 38.1 Å². The highest BCUT2D eigenvalue weighted by Gasteiger charge is 2.40. The largest absolute Gasteiger partial charge is 0.459 e. The van der Waals surface area contributed by atoms with Gasteiger partial charge in [0.05, 0.1) is 34.1 Å². The van der Waals surface area contributed by atoms with Gasteiger partial charge in [0, 0.05) is 43.3 Å². The number of carbonyl (C=O) groups excluding carboxylic acids is 1. The highest BCUT2D eigenvalue weighted by Crippen LogP contribution is 2.48. The molecule has 10 heteroatoms. The Morgan fingerprint density at radius 3 is 2.79 bits per heavy atom. The third-order valence-corrected chi connectivity index (χ3v) is 9.55. The zero-order valence-electron chi connectivity index (χ0n) is 21.8. The molecule has 38 heavy (non-hydrogen) atoms. The first-order valence-electron chi connectivity index (χ1n) is 12.6. The number of ether oxygens (including phenoxy) is 1. The van der Waals surface area contributed by atoms with E-state index in [2.05, 4.69) is 46.4 Å². The number of furan rings is 1. The van der Waals surface area contributed by atoms with Crippen molar-refractivity contribution in [2.75, 3.05) is 7.11 Å². The molecule has 2 aromatic heterocycles. The monoisotopic (exact) mass is 549 g/mol. The van der Waals surface area contributed by atoms with Gasteiger partial charge in [0.15, 0.2) is 0 Å². The van der Waals surface area contributed by atoms with Gasteiger partial charge >= 0.3 is 0 Å². The van der Waals surface area contributed by atoms with Crippen LogP contribution in [0, 0.1) is 0 Å². The van der Waals surface area contributed by atoms with Gasteiger partial charge < -0.3 is 14.1 Å². The van der Waals surface area contributed by atoms with Crippen molar-refractivity contribution in [3.63, 3.8) is 0 Å². The van der Waals surface area contributed by atoms with Gasteiger partial charge in [0.25, 0.3) is 5.91 Å². The lowest BCUT2D eigenvalue weighted by Gasteiger charge is -2.42. The molecule has 0 atom stereocenters. The minimum atomic E-state index is 0.00881. The number of rotatable bonds is 9. The number of carbonyl (C=O) groups is 1. The fourth-order valence-corrected chi connectivity index (χ4v) is 6.82. The fourth-order valence-electron chi connectivity index (χ4n) is 4.64. The second-order valence-electron chi connectivity index (χ2n) is 10.3. The van der Waals surface area contributed by atoms with Gasteiger partial charge in [0.2, 0.25) is 0 Å². The third kappa shape index (κ3) is 5.05. The zero-order chi connectivity index (χ0) is 26.4. The Balaban J connectivity index is 1.30. The lowest BCUT2D eigenvalue weighted by Crippen LogP contribution is -2.44. The highest BCUT2D eigenvalue weighted by atomic mass is 32.2. The molecule has 198 valence electrons. The van der Waals surface area contributed by atoms with E-state index in [1.165, 1.54) is 12.8 Å². The number of nitrogens with one attached hydrogen (secondary N) is 1. The Morgan fingerprint density at radius 2 is 2.05 bits per heavy atom. The van der Waals surface area contributed by atoms with Gasteiger partial charge in [-0.15, -0.1) is 0 Å². The van der Waals surface area contributed by atoms with E-state index in [0.717, 1.165) is 42.7 Å². The molecule has 0 radical (unpaired) electrons. The minimum absolute atomic E-state index is 0.00881. The molecule has 1 fully saturated rings. The number of hydrogen-bond acceptors (Lipinski definition) is 8. The SMILES string of the molecule is C=C1N(Cc2cnn(C)c2)C(=O)C2=C(SC(SNC3(C)CC3)=CC2)N1Cc1ccc2oc(COC)cc2c1. The standard InChI is InChI=1S/C28H31N5O3S2/c1-18-32(16-20-13-29-31(3)14-20)26(34)23-6-8-25(38-30-28(2)9-10-28)37-27(23)33(18)15-19-5-7-24-21(11-19)12-22(36-24)17-35-4/h5,7-8,11-14,30H,1,6,9-10,15-17H2,2-4H3. The van der Waals surface area contributed by atoms with Gasteiger partial charge in [-0.25, -0.2) is 0 Å². The maximum absolute atomic E-state index is 13.7. The fraction of sp³-hybridized carbons (Fsp3) is 0.357. The number of fused-ring (bicyclic) bond motifs is 1. The van der Waals surface area contributed by atoms with E-state index in [0.29, 0.717) is 31.9 Å². The van der Waals surface area contributed by atoms with Crippen molar-refractivity contribution in [3.05, 3.63) is 86.9 Å². The topological polar surface area (TPSA) is 75.8 Å². The Labute approximate surface area is 230 Å². The van der Waals surface area contributed by atoms with E-state index in [1.54, 1.807) is 46.6 Å². The predicted molar refractivity (Wildman–Crippen MR) is 151 cm³/mol. The lowest BCUT2D eigenvalue weighted by molar-refractivity contribution is -0.128. The summed E-state index contributed by atoms with van der Waals surface area (Å²) in [5.74, 6) is 1.48. The molecule has 0 spiro atoms. The second kappa shape index (κ2) is 10.00. The maximum atomic E-state index is 13.7. The van der Waals surface area contributed by atoms with Crippen LogP contribution in [0.5, 0.6) is 0 Å². The van der Waals surface area contributed by atoms with E-state index in [-0.39, 0.29) is 11.4 Å². The van der Waals surface area contributed by atoms with E-state index in [1.807, 2.05) is 25.4 Å². The number of aromatic nitrogens is 2. The summed E-state index contributed by atoms with van der Waals surface area (Å²) in [5.41, 5.74) is 3.93. The molecule has 1 saturated carbocycles. The van der Waals surface area contributed by atoms with Crippen molar-refractivity contribution in [2.45, 2.75) is 51.4 Å². The number of aryl methyl sites for hydroxylation is 1. The molecule has 1 aromatic carbocycles. The van der Waals surface area contributed by atoms with Crippen molar-refractivity contribution in [3.8, 4) is 0 Å². The van der Waals surface area contributed by atoms with E-state index < -0.39 is 0 Å². The molecule has 1 N–H and O–H groups in total. The minimum Gasteiger partial charge on any atom is -0.459 e. The number of methoxy groups -OCH3 is 1. The van der Waals surface area contributed by atoms with E-state index >= 15 is 0 Å². The van der Waals surface area contributed by atoms with Crippen LogP contribution in [0.25, 0.3) is 11.0 Å². The molecule has 2 aliphatic heterocycles. The average molecular weight is 550 g/mol. The van der Waals surface area contributed by atoms with Crippen LogP contribution in [0.3, 0.4) is 0 Å². The number of amides is 1. The molecule has 0 bridgehead atoms. The van der Waals surface area contributed by atoms with Gasteiger partial charge in [-0.3, -0.25) is 19.1 Å². The Hall–Kier alpha value is -2.92. The Bertz CT molecular complexity index is 1480. The zero-order valence-corrected chi connectivity index (χ0v) is 23.5. The van der Waals surface area contributed by atoms with Crippen molar-refractivity contribution >= 4 is 40.6 Å². The number of hydrogen-bond donors (Lipinski definition) is 1. The molecule has 6 rings (SSSR count). The molecule has 0 unspecified atom stereocenters. The van der Waals surface area contributed by atoms with Crippen LogP contribution in [0.2, 0.25) is 0 Å². The summed E-state index contributed by atoms with van der Waals surface area (Å²) >= 11 is 3.32. The van der Waals surface area contributed by atoms with E-state index in [4.69, 9.17) is 9.15 Å². The summed E-state index contributed by atoms with van der Waals surface area (Å²) in [6, 6.07) is 8.24. The normalized spacial score (nSPS) is 18.9. The maximum Gasteiger partial charge on any atom is 0.258 e. The van der Waals surface area contributed by atoms with Gasteiger partial charge in [-0.2, -0.15) is 5.10 Å². The number of nitrogens with zero attached hydrogens (tertiary/aromatic N) is 4. The summed E-state index contributed by atoms with van der Waals surface area (Å²) in [6.45, 7) is 8.11. The van der Waals surface area contributed by atoms with Crippen molar-refractivity contribution < 1.29 is 13.9 Å². The van der Waals surface area contributed by atoms with Crippen LogP contribution < -0.4 is 4.72 Å². The smallest absolute Gasteiger partial charge is 0.258 e. The quantitative estimate of drug-likeness (QED) is 0.345. The van der Waals surface area contributed by atoms with Crippen molar-refractivity contribution in [2.24, 2.45) is 7.05 Å².